The van der Waals surface area contributed by atoms with Crippen LogP contribution in [0.2, 0.25) is 5.02 Å². The zero-order chi connectivity index (χ0) is 30.1. The van der Waals surface area contributed by atoms with Crippen LogP contribution in [0.25, 0.3) is 0 Å². The smallest absolute Gasteiger partial charge is 0.421 e. The highest BCUT2D eigenvalue weighted by Crippen LogP contribution is 2.40. The molecule has 0 fully saturated rings. The molecular weight excluding hydrogens is 654 g/mol. The van der Waals surface area contributed by atoms with Gasteiger partial charge in [-0.05, 0) is 65.7 Å². The molecule has 14 heteroatoms. The van der Waals surface area contributed by atoms with E-state index in [9.17, 15) is 27.9 Å². The largest absolute Gasteiger partial charge is 0.478 e. The van der Waals surface area contributed by atoms with E-state index in [1.54, 1.807) is 26.0 Å². The van der Waals surface area contributed by atoms with Gasteiger partial charge in [0.25, 0.3) is 5.91 Å². The molecule has 214 valence electrons. The number of benzene rings is 1. The summed E-state index contributed by atoms with van der Waals surface area (Å²) in [6.07, 6.45) is -2.35. The lowest BCUT2D eigenvalue weighted by atomic mass is 10.1. The van der Waals surface area contributed by atoms with Gasteiger partial charge in [0.2, 0.25) is 5.88 Å². The van der Waals surface area contributed by atoms with Crippen molar-refractivity contribution in [1.82, 2.24) is 9.97 Å². The van der Waals surface area contributed by atoms with Gasteiger partial charge in [-0.2, -0.15) is 13.2 Å². The summed E-state index contributed by atoms with van der Waals surface area (Å²) in [4.78, 5) is 34.9. The number of hydrogen-bond donors (Lipinski definition) is 1. The van der Waals surface area contributed by atoms with Gasteiger partial charge in [0, 0.05) is 41.9 Å². The van der Waals surface area contributed by atoms with E-state index >= 15 is 4.39 Å². The van der Waals surface area contributed by atoms with Crippen LogP contribution in [0.5, 0.6) is 11.6 Å². The molecule has 0 radical (unpaired) electrons. The van der Waals surface area contributed by atoms with Gasteiger partial charge in [0.15, 0.2) is 11.6 Å². The quantitative estimate of drug-likeness (QED) is 0.190. The van der Waals surface area contributed by atoms with Gasteiger partial charge in [0.05, 0.1) is 20.1 Å². The minimum Gasteiger partial charge on any atom is -0.478 e. The Bertz CT molecular complexity index is 1610. The number of aromatic nitrogens is 2. The average molecular weight is 673 g/mol. The van der Waals surface area contributed by atoms with E-state index < -0.39 is 52.7 Å². The van der Waals surface area contributed by atoms with E-state index in [1.165, 1.54) is 35.9 Å². The molecule has 41 heavy (non-hydrogen) atoms. The number of anilines is 1. The Morgan fingerprint density at radius 1 is 1.12 bits per heavy atom. The Morgan fingerprint density at radius 3 is 2.41 bits per heavy atom. The van der Waals surface area contributed by atoms with E-state index in [4.69, 9.17) is 16.3 Å². The number of carboxylic acid groups (broad SMARTS) is 1. The molecule has 1 aromatic carbocycles. The maximum atomic E-state index is 15.3. The van der Waals surface area contributed by atoms with Crippen LogP contribution in [0.1, 0.15) is 50.7 Å². The number of carboxylic acids is 1. The number of carbonyl (C=O) groups is 2. The van der Waals surface area contributed by atoms with Crippen molar-refractivity contribution in [2.45, 2.75) is 32.5 Å². The number of aromatic carboxylic acids is 1. The van der Waals surface area contributed by atoms with Crippen molar-refractivity contribution >= 4 is 56.4 Å². The van der Waals surface area contributed by atoms with E-state index in [1.807, 2.05) is 0 Å². The van der Waals surface area contributed by atoms with Crippen LogP contribution in [0.15, 0.2) is 58.6 Å². The van der Waals surface area contributed by atoms with Crippen LogP contribution in [0, 0.1) is 5.82 Å². The minimum atomic E-state index is -4.91. The van der Waals surface area contributed by atoms with Crippen molar-refractivity contribution in [1.29, 1.82) is 0 Å². The van der Waals surface area contributed by atoms with E-state index in [0.717, 1.165) is 19.6 Å². The highest BCUT2D eigenvalue weighted by atomic mass is 79.9. The number of thiophene rings is 1. The first-order chi connectivity index (χ1) is 19.2. The summed E-state index contributed by atoms with van der Waals surface area (Å²) in [5.41, 5.74) is -2.05. The molecule has 7 nitrogen and oxygen atoms in total. The summed E-state index contributed by atoms with van der Waals surface area (Å²) in [6.45, 7) is 3.13. The fourth-order valence-electron chi connectivity index (χ4n) is 3.87. The number of alkyl halides is 3. The lowest BCUT2D eigenvalue weighted by Crippen LogP contribution is -2.38. The molecule has 0 bridgehead atoms. The lowest BCUT2D eigenvalue weighted by molar-refractivity contribution is -0.139. The van der Waals surface area contributed by atoms with Crippen molar-refractivity contribution in [2.75, 3.05) is 4.90 Å². The topological polar surface area (TPSA) is 92.6 Å². The fraction of sp³-hybridized carbons (Fsp3) is 0.185. The van der Waals surface area contributed by atoms with Crippen LogP contribution in [-0.2, 0) is 12.6 Å². The molecule has 4 aromatic rings. The summed E-state index contributed by atoms with van der Waals surface area (Å²) in [7, 11) is 0. The van der Waals surface area contributed by atoms with Crippen LogP contribution in [0.4, 0.5) is 23.2 Å². The van der Waals surface area contributed by atoms with Gasteiger partial charge in [0.1, 0.15) is 11.3 Å². The number of amides is 1. The second kappa shape index (κ2) is 12.1. The predicted molar refractivity (Wildman–Crippen MR) is 149 cm³/mol. The van der Waals surface area contributed by atoms with Crippen molar-refractivity contribution in [3.63, 3.8) is 0 Å². The van der Waals surface area contributed by atoms with Gasteiger partial charge in [-0.15, -0.1) is 11.3 Å². The zero-order valence-corrected chi connectivity index (χ0v) is 24.3. The molecule has 1 N–H and O–H groups in total. The molecule has 3 aromatic heterocycles. The summed E-state index contributed by atoms with van der Waals surface area (Å²) in [5.74, 6) is -5.32. The predicted octanol–water partition coefficient (Wildman–Crippen LogP) is 8.25. The van der Waals surface area contributed by atoms with Crippen molar-refractivity contribution in [2.24, 2.45) is 0 Å². The molecule has 0 aliphatic heterocycles. The number of halogens is 6. The monoisotopic (exact) mass is 671 g/mol. The van der Waals surface area contributed by atoms with Crippen LogP contribution in [-0.4, -0.2) is 33.0 Å². The Kier molecular flexibility index (Phi) is 9.00. The molecule has 0 saturated heterocycles. The Balaban J connectivity index is 1.74. The molecule has 0 spiro atoms. The number of carbonyl (C=O) groups excluding carboxylic acids is 1. The van der Waals surface area contributed by atoms with Crippen LogP contribution >= 0.6 is 38.9 Å². The molecule has 0 aliphatic carbocycles. The number of rotatable bonds is 8. The Hall–Kier alpha value is -3.55. The molecule has 3 heterocycles. The normalized spacial score (nSPS) is 11.5. The second-order valence-electron chi connectivity index (χ2n) is 8.91. The molecule has 0 atom stereocenters. The third kappa shape index (κ3) is 7.03. The number of pyridine rings is 2. The van der Waals surface area contributed by atoms with Crippen molar-refractivity contribution < 1.29 is 37.0 Å². The van der Waals surface area contributed by atoms with E-state index in [-0.39, 0.29) is 28.4 Å². The number of hydrogen-bond acceptors (Lipinski definition) is 6. The summed E-state index contributed by atoms with van der Waals surface area (Å²) in [6, 6.07) is 7.85. The summed E-state index contributed by atoms with van der Waals surface area (Å²) >= 11 is 10.5. The highest BCUT2D eigenvalue weighted by Gasteiger charge is 2.37. The van der Waals surface area contributed by atoms with Crippen molar-refractivity contribution in [3.8, 4) is 11.6 Å². The molecular formula is C27H19BrClF4N3O4S. The molecule has 0 unspecified atom stereocenters. The van der Waals surface area contributed by atoms with Crippen LogP contribution in [0.3, 0.4) is 0 Å². The van der Waals surface area contributed by atoms with E-state index in [2.05, 4.69) is 25.9 Å². The standard InChI is InChI=1S/C27H19BrClF4N3O4S/c1-13(2)36(25(37)20-5-3-15(29)12-34-20)21-10-19(30)22(9-17(21)26(38)39)40-24-18(27(31,32)33)8-14(11-35-24)7-16-4-6-23(28)41-16/h3-6,8-13H,7H2,1-2H3,(H,38,39). The number of nitrogens with zero attached hydrogens (tertiary/aromatic N) is 3. The third-order valence-corrected chi connectivity index (χ3v) is 7.50. The average Bonchev–Trinajstić information content (AvgIpc) is 3.30. The molecule has 0 aliphatic rings. The Labute approximate surface area is 248 Å². The first-order valence-corrected chi connectivity index (χ1v) is 13.7. The maximum Gasteiger partial charge on any atom is 0.421 e. The zero-order valence-electron chi connectivity index (χ0n) is 21.2. The second-order valence-corrected chi connectivity index (χ2v) is 11.9. The van der Waals surface area contributed by atoms with Gasteiger partial charge < -0.3 is 14.7 Å². The van der Waals surface area contributed by atoms with Crippen LogP contribution < -0.4 is 9.64 Å². The first-order valence-electron chi connectivity index (χ1n) is 11.7. The van der Waals surface area contributed by atoms with Crippen molar-refractivity contribution in [3.05, 3.63) is 96.7 Å². The highest BCUT2D eigenvalue weighted by molar-refractivity contribution is 9.11. The molecule has 1 amide bonds. The summed E-state index contributed by atoms with van der Waals surface area (Å²) < 4.78 is 63.2. The first kappa shape index (κ1) is 30.4. The SMILES string of the molecule is CC(C)N(C(=O)c1ccc(Cl)cn1)c1cc(F)c(Oc2ncc(Cc3ccc(Br)s3)cc2C(F)(F)F)cc1C(=O)O. The van der Waals surface area contributed by atoms with Gasteiger partial charge >= 0.3 is 12.1 Å². The van der Waals surface area contributed by atoms with E-state index in [0.29, 0.717) is 12.1 Å². The molecule has 0 saturated carbocycles. The Morgan fingerprint density at radius 2 is 1.85 bits per heavy atom. The maximum absolute atomic E-state index is 15.3. The van der Waals surface area contributed by atoms with Gasteiger partial charge in [-0.25, -0.2) is 19.2 Å². The summed E-state index contributed by atoms with van der Waals surface area (Å²) in [5, 5.41) is 10.1. The van der Waals surface area contributed by atoms with Gasteiger partial charge in [-0.3, -0.25) is 4.79 Å². The third-order valence-electron chi connectivity index (χ3n) is 5.65. The number of ether oxygens (including phenoxy) is 1. The fourth-order valence-corrected chi connectivity index (χ4v) is 5.50. The lowest BCUT2D eigenvalue weighted by Gasteiger charge is -2.28. The minimum absolute atomic E-state index is 0.0887. The van der Waals surface area contributed by atoms with Gasteiger partial charge in [-0.1, -0.05) is 11.6 Å². The molecule has 4 rings (SSSR count).